The van der Waals surface area contributed by atoms with Crippen LogP contribution >= 0.6 is 0 Å². The van der Waals surface area contributed by atoms with Gasteiger partial charge in [0.05, 0.1) is 11.9 Å². The lowest BCUT2D eigenvalue weighted by Crippen LogP contribution is -2.29. The predicted molar refractivity (Wildman–Crippen MR) is 115 cm³/mol. The number of amides is 1. The number of aromatic nitrogens is 4. The van der Waals surface area contributed by atoms with Crippen molar-refractivity contribution in [3.8, 4) is 12.0 Å². The summed E-state index contributed by atoms with van der Waals surface area (Å²) >= 11 is 0. The minimum absolute atomic E-state index is 0.201. The third-order valence-corrected chi connectivity index (χ3v) is 4.87. The molecule has 0 aliphatic carbocycles. The lowest BCUT2D eigenvalue weighted by atomic mass is 10.1. The Kier molecular flexibility index (Phi) is 5.93. The van der Waals surface area contributed by atoms with Crippen molar-refractivity contribution in [3.05, 3.63) is 48.4 Å². The molecular formula is C21H21N9O. The summed E-state index contributed by atoms with van der Waals surface area (Å²) in [4.78, 5) is 22.3. The van der Waals surface area contributed by atoms with Gasteiger partial charge in [-0.2, -0.15) is 15.0 Å². The number of hydrogen-bond acceptors (Lipinski definition) is 8. The zero-order valence-electron chi connectivity index (χ0n) is 17.1. The molecule has 10 heteroatoms. The summed E-state index contributed by atoms with van der Waals surface area (Å²) in [5.74, 6) is 0.288. The number of anilines is 2. The molecule has 4 rings (SSSR count). The van der Waals surface area contributed by atoms with Gasteiger partial charge < -0.3 is 10.2 Å². The number of hydrogen-bond donors (Lipinski definition) is 1. The normalized spacial score (nSPS) is 13.9. The number of azo groups is 1. The summed E-state index contributed by atoms with van der Waals surface area (Å²) in [6.07, 6.45) is 8.08. The van der Waals surface area contributed by atoms with E-state index in [1.54, 1.807) is 18.5 Å². The van der Waals surface area contributed by atoms with Crippen LogP contribution in [0.2, 0.25) is 0 Å². The van der Waals surface area contributed by atoms with E-state index in [0.29, 0.717) is 11.4 Å². The third-order valence-electron chi connectivity index (χ3n) is 4.87. The Morgan fingerprint density at radius 2 is 1.94 bits per heavy atom. The Morgan fingerprint density at radius 3 is 2.65 bits per heavy atom. The molecular weight excluding hydrogens is 394 g/mol. The van der Waals surface area contributed by atoms with Crippen molar-refractivity contribution in [3.63, 3.8) is 0 Å². The molecule has 0 saturated carbocycles. The molecule has 0 atom stereocenters. The van der Waals surface area contributed by atoms with Gasteiger partial charge in [0, 0.05) is 38.1 Å². The van der Waals surface area contributed by atoms with E-state index in [-0.39, 0.29) is 23.2 Å². The highest BCUT2D eigenvalue weighted by molar-refractivity contribution is 5.93. The highest BCUT2D eigenvalue weighted by Gasteiger charge is 2.16. The van der Waals surface area contributed by atoms with Crippen LogP contribution in [0, 0.1) is 11.3 Å². The summed E-state index contributed by atoms with van der Waals surface area (Å²) < 4.78 is 1.35. The van der Waals surface area contributed by atoms with Gasteiger partial charge in [0.15, 0.2) is 5.82 Å². The molecule has 1 aliphatic heterocycles. The smallest absolute Gasteiger partial charge is 0.252 e. The average molecular weight is 415 g/mol. The fraction of sp³-hybridized carbons (Fsp3) is 0.286. The Labute approximate surface area is 179 Å². The first kappa shape index (κ1) is 20.2. The summed E-state index contributed by atoms with van der Waals surface area (Å²) in [5, 5.41) is 25.0. The van der Waals surface area contributed by atoms with Crippen LogP contribution in [0.4, 0.5) is 22.9 Å². The van der Waals surface area contributed by atoms with Gasteiger partial charge in [0.2, 0.25) is 5.91 Å². The first-order chi connectivity index (χ1) is 15.2. The van der Waals surface area contributed by atoms with E-state index >= 15 is 0 Å². The van der Waals surface area contributed by atoms with Crippen molar-refractivity contribution < 1.29 is 4.79 Å². The molecule has 1 fully saturated rings. The van der Waals surface area contributed by atoms with Gasteiger partial charge >= 0.3 is 0 Å². The minimum atomic E-state index is -0.201. The maximum atomic E-state index is 11.8. The summed E-state index contributed by atoms with van der Waals surface area (Å²) in [6.45, 7) is 3.43. The number of carbonyl (C=O) groups excluding carboxylic acids is 1. The zero-order valence-corrected chi connectivity index (χ0v) is 17.1. The summed E-state index contributed by atoms with van der Waals surface area (Å²) in [6, 6.07) is 9.42. The van der Waals surface area contributed by atoms with Crippen molar-refractivity contribution in [2.24, 2.45) is 10.2 Å². The van der Waals surface area contributed by atoms with E-state index < -0.39 is 0 Å². The monoisotopic (exact) mass is 415 g/mol. The molecule has 31 heavy (non-hydrogen) atoms. The fourth-order valence-electron chi connectivity index (χ4n) is 3.42. The number of rotatable bonds is 5. The number of carbonyl (C=O) groups is 1. The lowest BCUT2D eigenvalue weighted by molar-refractivity contribution is -0.114. The quantitative estimate of drug-likeness (QED) is 0.630. The lowest BCUT2D eigenvalue weighted by Gasteiger charge is -2.29. The van der Waals surface area contributed by atoms with E-state index in [4.69, 9.17) is 0 Å². The highest BCUT2D eigenvalue weighted by atomic mass is 16.1. The Hall–Kier alpha value is -4.13. The molecule has 3 heterocycles. The standard InChI is InChI=1S/C21H21N9O/c1-15(31)26-19-12-17(29-10-3-2-4-11-29)6-7-18(19)27-28-20-16(13-22)14-25-30(20)21-23-8-5-9-24-21/h5-9,12,14H,2-4,10-11H2,1H3,(H,26,31)/b28-27+. The van der Waals surface area contributed by atoms with Crippen molar-refractivity contribution in [2.75, 3.05) is 23.3 Å². The number of piperidine rings is 1. The van der Waals surface area contributed by atoms with Crippen LogP contribution in [0.3, 0.4) is 0 Å². The molecule has 0 spiro atoms. The molecule has 1 amide bonds. The van der Waals surface area contributed by atoms with E-state index in [2.05, 4.69) is 41.6 Å². The van der Waals surface area contributed by atoms with Crippen LogP contribution in [0.1, 0.15) is 31.7 Å². The second kappa shape index (κ2) is 9.13. The van der Waals surface area contributed by atoms with Gasteiger partial charge in [-0.25, -0.2) is 9.97 Å². The van der Waals surface area contributed by atoms with Gasteiger partial charge in [0.25, 0.3) is 5.95 Å². The van der Waals surface area contributed by atoms with E-state index in [9.17, 15) is 10.1 Å². The van der Waals surface area contributed by atoms with Crippen molar-refractivity contribution >= 4 is 28.8 Å². The molecule has 2 aromatic heterocycles. The van der Waals surface area contributed by atoms with E-state index in [1.807, 2.05) is 18.2 Å². The Balaban J connectivity index is 1.69. The number of nitriles is 1. The Morgan fingerprint density at radius 1 is 1.16 bits per heavy atom. The number of benzene rings is 1. The SMILES string of the molecule is CC(=O)Nc1cc(N2CCCCC2)ccc1/N=N/c1c(C#N)cnn1-c1ncccn1. The number of nitrogens with zero attached hydrogens (tertiary/aromatic N) is 8. The summed E-state index contributed by atoms with van der Waals surface area (Å²) in [7, 11) is 0. The van der Waals surface area contributed by atoms with Crippen molar-refractivity contribution in [2.45, 2.75) is 26.2 Å². The van der Waals surface area contributed by atoms with Gasteiger partial charge in [-0.05, 0) is 43.5 Å². The van der Waals surface area contributed by atoms with Gasteiger partial charge in [-0.15, -0.1) is 10.2 Å². The largest absolute Gasteiger partial charge is 0.371 e. The minimum Gasteiger partial charge on any atom is -0.371 e. The first-order valence-corrected chi connectivity index (χ1v) is 9.99. The molecule has 1 N–H and O–H groups in total. The maximum absolute atomic E-state index is 11.8. The molecule has 3 aromatic rings. The third kappa shape index (κ3) is 4.56. The van der Waals surface area contributed by atoms with E-state index in [1.165, 1.54) is 24.2 Å². The second-order valence-electron chi connectivity index (χ2n) is 7.08. The van der Waals surface area contributed by atoms with Gasteiger partial charge in [-0.3, -0.25) is 4.79 Å². The molecule has 0 unspecified atom stereocenters. The zero-order chi connectivity index (χ0) is 21.6. The molecule has 156 valence electrons. The van der Waals surface area contributed by atoms with Crippen LogP contribution < -0.4 is 10.2 Å². The molecule has 0 bridgehead atoms. The van der Waals surface area contributed by atoms with Crippen LogP contribution in [-0.4, -0.2) is 38.7 Å². The topological polar surface area (TPSA) is 124 Å². The molecule has 1 saturated heterocycles. The van der Waals surface area contributed by atoms with Crippen LogP contribution in [0.15, 0.2) is 53.1 Å². The summed E-state index contributed by atoms with van der Waals surface area (Å²) in [5.41, 5.74) is 2.30. The molecule has 0 radical (unpaired) electrons. The molecule has 10 nitrogen and oxygen atoms in total. The van der Waals surface area contributed by atoms with Crippen molar-refractivity contribution in [1.82, 2.24) is 19.7 Å². The second-order valence-corrected chi connectivity index (χ2v) is 7.08. The van der Waals surface area contributed by atoms with Gasteiger partial charge in [-0.1, -0.05) is 0 Å². The fourth-order valence-corrected chi connectivity index (χ4v) is 3.42. The maximum Gasteiger partial charge on any atom is 0.252 e. The predicted octanol–water partition coefficient (Wildman–Crippen LogP) is 3.90. The number of nitrogens with one attached hydrogen (secondary N) is 1. The van der Waals surface area contributed by atoms with E-state index in [0.717, 1.165) is 31.6 Å². The average Bonchev–Trinajstić information content (AvgIpc) is 3.22. The Bertz CT molecular complexity index is 1140. The van der Waals surface area contributed by atoms with Crippen LogP contribution in [-0.2, 0) is 4.79 Å². The first-order valence-electron chi connectivity index (χ1n) is 9.99. The van der Waals surface area contributed by atoms with Crippen LogP contribution in [0.25, 0.3) is 5.95 Å². The molecule has 1 aromatic carbocycles. The van der Waals surface area contributed by atoms with Crippen molar-refractivity contribution in [1.29, 1.82) is 5.26 Å². The van der Waals surface area contributed by atoms with Gasteiger partial charge in [0.1, 0.15) is 17.3 Å². The highest BCUT2D eigenvalue weighted by Crippen LogP contribution is 2.33. The van der Waals surface area contributed by atoms with Crippen LogP contribution in [0.5, 0.6) is 0 Å². The molecule has 1 aliphatic rings.